The zero-order chi connectivity index (χ0) is 28.4. The second-order valence-electron chi connectivity index (χ2n) is 10.3. The van der Waals surface area contributed by atoms with E-state index in [2.05, 4.69) is 5.32 Å². The van der Waals surface area contributed by atoms with Crippen molar-refractivity contribution < 1.29 is 24.6 Å². The molecule has 0 heterocycles. The van der Waals surface area contributed by atoms with Crippen molar-refractivity contribution in [3.8, 4) is 11.1 Å². The van der Waals surface area contributed by atoms with E-state index in [1.54, 1.807) is 12.1 Å². The Morgan fingerprint density at radius 1 is 0.744 bits per heavy atom. The van der Waals surface area contributed by atoms with Gasteiger partial charge in [-0.1, -0.05) is 86.6 Å². The summed E-state index contributed by atoms with van der Waals surface area (Å²) in [6, 6.07) is 23.8. The highest BCUT2D eigenvalue weighted by Gasteiger charge is 2.35. The highest BCUT2D eigenvalue weighted by molar-refractivity contribution is 6.02. The summed E-state index contributed by atoms with van der Waals surface area (Å²) in [5, 5.41) is 22.9. The largest absolute Gasteiger partial charge is 0.480 e. The zero-order valence-electron chi connectivity index (χ0n) is 22.8. The maximum absolute atomic E-state index is 13.9. The van der Waals surface area contributed by atoms with E-state index in [0.29, 0.717) is 24.9 Å². The van der Waals surface area contributed by atoms with Gasteiger partial charge in [0, 0.05) is 5.69 Å². The van der Waals surface area contributed by atoms with Crippen LogP contribution in [0.2, 0.25) is 0 Å². The first-order chi connectivity index (χ1) is 18.7. The summed E-state index contributed by atoms with van der Waals surface area (Å²) < 4.78 is 0. The van der Waals surface area contributed by atoms with Crippen LogP contribution < -0.4 is 10.2 Å². The molecule has 1 amide bonds. The van der Waals surface area contributed by atoms with E-state index in [0.717, 1.165) is 23.1 Å². The maximum Gasteiger partial charge on any atom is 0.326 e. The lowest BCUT2D eigenvalue weighted by atomic mass is 9.98. The van der Waals surface area contributed by atoms with Gasteiger partial charge < -0.3 is 10.2 Å². The molecular formula is C32H38N2O5. The highest BCUT2D eigenvalue weighted by Crippen LogP contribution is 2.26. The minimum atomic E-state index is -1.14. The van der Waals surface area contributed by atoms with Crippen molar-refractivity contribution in [2.24, 2.45) is 5.92 Å². The number of anilines is 1. The van der Waals surface area contributed by atoms with E-state index in [1.807, 2.05) is 86.6 Å². The normalized spacial score (nSPS) is 13.4. The molecule has 0 bridgehead atoms. The van der Waals surface area contributed by atoms with Crippen molar-refractivity contribution >= 4 is 23.5 Å². The van der Waals surface area contributed by atoms with E-state index in [9.17, 15) is 24.6 Å². The van der Waals surface area contributed by atoms with Crippen molar-refractivity contribution in [2.45, 2.75) is 64.6 Å². The van der Waals surface area contributed by atoms with E-state index in [1.165, 1.54) is 11.8 Å². The number of carbonyl (C=O) groups is 3. The van der Waals surface area contributed by atoms with Gasteiger partial charge in [-0.2, -0.15) is 0 Å². The number of hydrogen-bond acceptors (Lipinski definition) is 4. The molecule has 0 saturated heterocycles. The van der Waals surface area contributed by atoms with Crippen LogP contribution in [0.25, 0.3) is 11.1 Å². The summed E-state index contributed by atoms with van der Waals surface area (Å²) in [5.74, 6) is -2.56. The van der Waals surface area contributed by atoms with Gasteiger partial charge >= 0.3 is 11.9 Å². The molecule has 7 nitrogen and oxygen atoms in total. The van der Waals surface area contributed by atoms with Crippen LogP contribution in [0.4, 0.5) is 5.69 Å². The fraction of sp³-hybridized carbons (Fsp3) is 0.344. The van der Waals surface area contributed by atoms with Gasteiger partial charge in [-0.3, -0.25) is 19.8 Å². The molecule has 39 heavy (non-hydrogen) atoms. The van der Waals surface area contributed by atoms with Gasteiger partial charge in [-0.25, -0.2) is 4.79 Å². The van der Waals surface area contributed by atoms with Gasteiger partial charge in [-0.05, 0) is 67.3 Å². The molecule has 3 atom stereocenters. The van der Waals surface area contributed by atoms with Crippen LogP contribution in [0.1, 0.15) is 45.6 Å². The number of carboxylic acid groups (broad SMARTS) is 2. The molecule has 0 aliphatic heterocycles. The minimum absolute atomic E-state index is 0.0765. The first kappa shape index (κ1) is 29.6. The number of aryl methyl sites for hydroxylation is 1. The Morgan fingerprint density at radius 3 is 1.85 bits per heavy atom. The quantitative estimate of drug-likeness (QED) is 0.249. The summed E-state index contributed by atoms with van der Waals surface area (Å²) in [7, 11) is 0. The molecule has 0 aromatic heterocycles. The molecule has 206 valence electrons. The van der Waals surface area contributed by atoms with Crippen LogP contribution in [-0.4, -0.2) is 46.2 Å². The summed E-state index contributed by atoms with van der Waals surface area (Å²) in [5.41, 5.74) is 3.52. The monoisotopic (exact) mass is 530 g/mol. The Labute approximate surface area is 230 Å². The molecule has 0 radical (unpaired) electrons. The lowest BCUT2D eigenvalue weighted by molar-refractivity contribution is -0.142. The summed E-state index contributed by atoms with van der Waals surface area (Å²) in [4.78, 5) is 39.4. The third-order valence-corrected chi connectivity index (χ3v) is 6.74. The number of carbonyl (C=O) groups excluding carboxylic acids is 1. The number of amides is 1. The van der Waals surface area contributed by atoms with Gasteiger partial charge in [0.2, 0.25) is 5.91 Å². The Bertz CT molecular complexity index is 1210. The number of aliphatic carboxylic acids is 2. The van der Waals surface area contributed by atoms with Crippen molar-refractivity contribution in [1.82, 2.24) is 5.32 Å². The number of nitrogens with zero attached hydrogens (tertiary/aromatic N) is 1. The summed E-state index contributed by atoms with van der Waals surface area (Å²) in [6.45, 7) is 5.37. The lowest BCUT2D eigenvalue weighted by Gasteiger charge is -2.33. The Hall–Kier alpha value is -3.97. The number of nitrogens with one attached hydrogen (secondary N) is 1. The van der Waals surface area contributed by atoms with Gasteiger partial charge in [-0.15, -0.1) is 0 Å². The number of benzene rings is 3. The third kappa shape index (κ3) is 8.52. The van der Waals surface area contributed by atoms with Gasteiger partial charge in [0.15, 0.2) is 0 Å². The predicted octanol–water partition coefficient (Wildman–Crippen LogP) is 5.64. The number of hydrogen-bond donors (Lipinski definition) is 3. The molecular weight excluding hydrogens is 492 g/mol. The van der Waals surface area contributed by atoms with E-state index in [-0.39, 0.29) is 5.92 Å². The lowest BCUT2D eigenvalue weighted by Crippen LogP contribution is -2.56. The Morgan fingerprint density at radius 2 is 1.31 bits per heavy atom. The molecule has 3 aromatic rings. The second-order valence-corrected chi connectivity index (χ2v) is 10.3. The van der Waals surface area contributed by atoms with E-state index < -0.39 is 36.0 Å². The standard InChI is InChI=1S/C32H38N2O5/c1-22(2)21-29(33-28(32(38)39)16-10-13-24-11-6-4-7-12-24)30(35)34(23(3)31(36)37)27-19-17-26(18-20-27)25-14-8-5-9-15-25/h4-9,11-12,14-15,17-20,22-23,28-29,33H,10,13,16,21H2,1-3H3,(H,36,37)(H,38,39)/t23-,28+,29-/m0/s1. The molecule has 0 spiro atoms. The van der Waals surface area contributed by atoms with Crippen molar-refractivity contribution in [1.29, 1.82) is 0 Å². The molecule has 0 saturated carbocycles. The molecule has 7 heteroatoms. The fourth-order valence-electron chi connectivity index (χ4n) is 4.65. The smallest absolute Gasteiger partial charge is 0.326 e. The first-order valence-corrected chi connectivity index (χ1v) is 13.4. The van der Waals surface area contributed by atoms with Crippen LogP contribution in [0.3, 0.4) is 0 Å². The third-order valence-electron chi connectivity index (χ3n) is 6.74. The van der Waals surface area contributed by atoms with Crippen LogP contribution in [-0.2, 0) is 20.8 Å². The fourth-order valence-corrected chi connectivity index (χ4v) is 4.65. The van der Waals surface area contributed by atoms with Gasteiger partial charge in [0.05, 0.1) is 6.04 Å². The molecule has 3 N–H and O–H groups in total. The number of rotatable bonds is 14. The zero-order valence-corrected chi connectivity index (χ0v) is 22.8. The number of carboxylic acids is 2. The highest BCUT2D eigenvalue weighted by atomic mass is 16.4. The van der Waals surface area contributed by atoms with Crippen molar-refractivity contribution in [3.63, 3.8) is 0 Å². The van der Waals surface area contributed by atoms with Crippen LogP contribution in [0, 0.1) is 5.92 Å². The maximum atomic E-state index is 13.9. The topological polar surface area (TPSA) is 107 Å². The Kier molecular flexibility index (Phi) is 10.8. The summed E-state index contributed by atoms with van der Waals surface area (Å²) >= 11 is 0. The first-order valence-electron chi connectivity index (χ1n) is 13.4. The molecule has 0 aliphatic carbocycles. The molecule has 0 aliphatic rings. The summed E-state index contributed by atoms with van der Waals surface area (Å²) in [6.07, 6.45) is 2.07. The predicted molar refractivity (Wildman–Crippen MR) is 154 cm³/mol. The minimum Gasteiger partial charge on any atom is -0.480 e. The van der Waals surface area contributed by atoms with Gasteiger partial charge in [0.25, 0.3) is 0 Å². The van der Waals surface area contributed by atoms with Crippen LogP contribution >= 0.6 is 0 Å². The average molecular weight is 531 g/mol. The average Bonchev–Trinajstić information content (AvgIpc) is 2.93. The molecule has 0 unspecified atom stereocenters. The molecule has 0 fully saturated rings. The van der Waals surface area contributed by atoms with Crippen LogP contribution in [0.5, 0.6) is 0 Å². The second kappa shape index (κ2) is 14.3. The van der Waals surface area contributed by atoms with Gasteiger partial charge in [0.1, 0.15) is 12.1 Å². The van der Waals surface area contributed by atoms with E-state index in [4.69, 9.17) is 0 Å². The van der Waals surface area contributed by atoms with E-state index >= 15 is 0 Å². The van der Waals surface area contributed by atoms with Crippen molar-refractivity contribution in [2.75, 3.05) is 4.90 Å². The molecule has 3 aromatic carbocycles. The van der Waals surface area contributed by atoms with Crippen molar-refractivity contribution in [3.05, 3.63) is 90.5 Å². The Balaban J connectivity index is 1.84. The van der Waals surface area contributed by atoms with Crippen LogP contribution in [0.15, 0.2) is 84.9 Å². The SMILES string of the molecule is CC(C)C[C@H](N[C@H](CCCc1ccccc1)C(=O)O)C(=O)N(c1ccc(-c2ccccc2)cc1)[C@@H](C)C(=O)O. The molecule has 3 rings (SSSR count).